The lowest BCUT2D eigenvalue weighted by molar-refractivity contribution is 0.239. The van der Waals surface area contributed by atoms with E-state index in [2.05, 4.69) is 29.6 Å². The minimum atomic E-state index is 0.172. The smallest absolute Gasteiger partial charge is 0.0582 e. The molecule has 0 fully saturated rings. The first-order valence-electron chi connectivity index (χ1n) is 5.40. The van der Waals surface area contributed by atoms with E-state index in [-0.39, 0.29) is 12.6 Å². The highest BCUT2D eigenvalue weighted by atomic mass is 32.2. The fourth-order valence-electron chi connectivity index (χ4n) is 1.91. The van der Waals surface area contributed by atoms with Gasteiger partial charge in [0, 0.05) is 17.0 Å². The highest BCUT2D eigenvalue weighted by Gasteiger charge is 2.20. The van der Waals surface area contributed by atoms with Crippen molar-refractivity contribution >= 4 is 11.8 Å². The van der Waals surface area contributed by atoms with E-state index in [4.69, 9.17) is 5.11 Å². The van der Waals surface area contributed by atoms with Gasteiger partial charge < -0.3 is 10.4 Å². The molecule has 0 spiro atoms. The molecule has 0 saturated heterocycles. The Morgan fingerprint density at radius 2 is 2.33 bits per heavy atom. The molecule has 1 aliphatic heterocycles. The van der Waals surface area contributed by atoms with Gasteiger partial charge in [0.2, 0.25) is 0 Å². The van der Waals surface area contributed by atoms with Crippen LogP contribution in [0, 0.1) is 0 Å². The zero-order valence-electron chi connectivity index (χ0n) is 8.94. The monoisotopic (exact) mass is 223 g/mol. The first kappa shape index (κ1) is 11.0. The van der Waals surface area contributed by atoms with Crippen molar-refractivity contribution in [1.29, 1.82) is 0 Å². The van der Waals surface area contributed by atoms with E-state index in [9.17, 15) is 0 Å². The van der Waals surface area contributed by atoms with Gasteiger partial charge in [-0.2, -0.15) is 0 Å². The molecule has 15 heavy (non-hydrogen) atoms. The second-order valence-electron chi connectivity index (χ2n) is 3.98. The van der Waals surface area contributed by atoms with Gasteiger partial charge in [0.15, 0.2) is 0 Å². The lowest BCUT2D eigenvalue weighted by Gasteiger charge is -2.28. The molecule has 82 valence electrons. The van der Waals surface area contributed by atoms with Gasteiger partial charge in [-0.25, -0.2) is 0 Å². The summed E-state index contributed by atoms with van der Waals surface area (Å²) in [5, 5.41) is 12.5. The molecule has 1 heterocycles. The summed E-state index contributed by atoms with van der Waals surface area (Å²) in [6.45, 7) is 2.22. The lowest BCUT2D eigenvalue weighted by atomic mass is 10.0. The minimum Gasteiger partial charge on any atom is -0.395 e. The van der Waals surface area contributed by atoms with Crippen LogP contribution >= 0.6 is 11.8 Å². The SMILES string of the molecule is C[C@H](CO)NC1CCSc2ccccc21. The molecule has 0 aliphatic carbocycles. The number of hydrogen-bond donors (Lipinski definition) is 2. The Morgan fingerprint density at radius 3 is 3.13 bits per heavy atom. The van der Waals surface area contributed by atoms with Crippen LogP contribution in [0.1, 0.15) is 24.9 Å². The fraction of sp³-hybridized carbons (Fsp3) is 0.500. The van der Waals surface area contributed by atoms with E-state index in [0.29, 0.717) is 6.04 Å². The molecule has 0 amide bonds. The minimum absolute atomic E-state index is 0.172. The van der Waals surface area contributed by atoms with Crippen LogP contribution in [-0.2, 0) is 0 Å². The predicted molar refractivity (Wildman–Crippen MR) is 64.2 cm³/mol. The summed E-state index contributed by atoms with van der Waals surface area (Å²) in [4.78, 5) is 1.38. The van der Waals surface area contributed by atoms with Crippen molar-refractivity contribution in [1.82, 2.24) is 5.32 Å². The maximum Gasteiger partial charge on any atom is 0.0582 e. The number of nitrogens with one attached hydrogen (secondary N) is 1. The van der Waals surface area contributed by atoms with Gasteiger partial charge in [-0.05, 0) is 30.7 Å². The number of rotatable bonds is 3. The van der Waals surface area contributed by atoms with E-state index >= 15 is 0 Å². The van der Waals surface area contributed by atoms with Crippen LogP contribution in [0.3, 0.4) is 0 Å². The number of hydrogen-bond acceptors (Lipinski definition) is 3. The number of aliphatic hydroxyl groups is 1. The Morgan fingerprint density at radius 1 is 1.53 bits per heavy atom. The number of benzene rings is 1. The summed E-state index contributed by atoms with van der Waals surface area (Å²) < 4.78 is 0. The first-order chi connectivity index (χ1) is 7.31. The zero-order chi connectivity index (χ0) is 10.7. The molecular weight excluding hydrogens is 206 g/mol. The molecule has 1 aliphatic rings. The third-order valence-electron chi connectivity index (χ3n) is 2.72. The number of aliphatic hydroxyl groups excluding tert-OH is 1. The van der Waals surface area contributed by atoms with Crippen molar-refractivity contribution in [3.63, 3.8) is 0 Å². The Balaban J connectivity index is 2.15. The molecule has 2 atom stereocenters. The van der Waals surface area contributed by atoms with Crippen molar-refractivity contribution in [3.8, 4) is 0 Å². The van der Waals surface area contributed by atoms with Gasteiger partial charge in [-0.15, -0.1) is 11.8 Å². The first-order valence-corrected chi connectivity index (χ1v) is 6.38. The molecule has 3 heteroatoms. The summed E-state index contributed by atoms with van der Waals surface area (Å²) in [6.07, 6.45) is 1.14. The summed E-state index contributed by atoms with van der Waals surface area (Å²) in [5.74, 6) is 1.16. The van der Waals surface area contributed by atoms with Crippen LogP contribution in [0.15, 0.2) is 29.2 Å². The Kier molecular flexibility index (Phi) is 3.67. The molecule has 0 aromatic heterocycles. The lowest BCUT2D eigenvalue weighted by Crippen LogP contribution is -2.34. The molecule has 1 aromatic rings. The van der Waals surface area contributed by atoms with Crippen LogP contribution in [-0.4, -0.2) is 23.5 Å². The van der Waals surface area contributed by atoms with Gasteiger partial charge in [0.05, 0.1) is 6.61 Å². The van der Waals surface area contributed by atoms with Gasteiger partial charge in [0.25, 0.3) is 0 Å². The molecule has 2 nitrogen and oxygen atoms in total. The van der Waals surface area contributed by atoms with E-state index < -0.39 is 0 Å². The van der Waals surface area contributed by atoms with Gasteiger partial charge in [-0.3, -0.25) is 0 Å². The summed E-state index contributed by atoms with van der Waals surface area (Å²) in [5.41, 5.74) is 1.38. The maximum absolute atomic E-state index is 9.05. The fourth-order valence-corrected chi connectivity index (χ4v) is 3.04. The second kappa shape index (κ2) is 5.01. The van der Waals surface area contributed by atoms with Gasteiger partial charge in [0.1, 0.15) is 0 Å². The quantitative estimate of drug-likeness (QED) is 0.824. The molecule has 2 rings (SSSR count). The van der Waals surface area contributed by atoms with E-state index in [1.54, 1.807) is 0 Å². The van der Waals surface area contributed by atoms with Gasteiger partial charge in [-0.1, -0.05) is 18.2 Å². The van der Waals surface area contributed by atoms with Crippen LogP contribution in [0.4, 0.5) is 0 Å². The molecule has 0 bridgehead atoms. The maximum atomic E-state index is 9.05. The second-order valence-corrected chi connectivity index (χ2v) is 5.11. The Hall–Kier alpha value is -0.510. The Bertz CT molecular complexity index is 329. The third kappa shape index (κ3) is 2.54. The number of thioether (sulfide) groups is 1. The molecule has 1 aromatic carbocycles. The highest BCUT2D eigenvalue weighted by Crippen LogP contribution is 2.35. The van der Waals surface area contributed by atoms with Crippen molar-refractivity contribution in [2.75, 3.05) is 12.4 Å². The molecular formula is C12H17NOS. The van der Waals surface area contributed by atoms with E-state index in [0.717, 1.165) is 12.2 Å². The summed E-state index contributed by atoms with van der Waals surface area (Å²) in [7, 11) is 0. The van der Waals surface area contributed by atoms with Crippen LogP contribution in [0.5, 0.6) is 0 Å². The molecule has 0 radical (unpaired) electrons. The van der Waals surface area contributed by atoms with Crippen molar-refractivity contribution < 1.29 is 5.11 Å². The van der Waals surface area contributed by atoms with Crippen molar-refractivity contribution in [2.24, 2.45) is 0 Å². The summed E-state index contributed by atoms with van der Waals surface area (Å²) in [6, 6.07) is 9.11. The van der Waals surface area contributed by atoms with E-state index in [1.807, 2.05) is 18.7 Å². The van der Waals surface area contributed by atoms with Gasteiger partial charge >= 0.3 is 0 Å². The number of fused-ring (bicyclic) bond motifs is 1. The molecule has 1 unspecified atom stereocenters. The topological polar surface area (TPSA) is 32.3 Å². The van der Waals surface area contributed by atoms with Crippen LogP contribution in [0.2, 0.25) is 0 Å². The molecule has 0 saturated carbocycles. The van der Waals surface area contributed by atoms with Crippen LogP contribution in [0.25, 0.3) is 0 Å². The van der Waals surface area contributed by atoms with Crippen LogP contribution < -0.4 is 5.32 Å². The zero-order valence-corrected chi connectivity index (χ0v) is 9.76. The summed E-state index contributed by atoms with van der Waals surface area (Å²) >= 11 is 1.92. The average Bonchev–Trinajstić information content (AvgIpc) is 2.29. The normalized spacial score (nSPS) is 22.1. The largest absolute Gasteiger partial charge is 0.395 e. The predicted octanol–water partition coefficient (Wildman–Crippen LogP) is 2.19. The van der Waals surface area contributed by atoms with E-state index in [1.165, 1.54) is 10.5 Å². The standard InChI is InChI=1S/C12H17NOS/c1-9(8-14)13-11-6-7-15-12-5-3-2-4-10(11)12/h2-5,9,11,13-14H,6-8H2,1H3/t9-,11?/m1/s1. The third-order valence-corrected chi connectivity index (χ3v) is 3.84. The Labute approximate surface area is 95.1 Å². The van der Waals surface area contributed by atoms with Crippen molar-refractivity contribution in [3.05, 3.63) is 29.8 Å². The molecule has 2 N–H and O–H groups in total. The van der Waals surface area contributed by atoms with Crippen molar-refractivity contribution in [2.45, 2.75) is 30.3 Å². The average molecular weight is 223 g/mol. The highest BCUT2D eigenvalue weighted by molar-refractivity contribution is 7.99.